The van der Waals surface area contributed by atoms with Gasteiger partial charge in [-0.15, -0.1) is 0 Å². The van der Waals surface area contributed by atoms with Crippen LogP contribution in [0.5, 0.6) is 5.75 Å². The van der Waals surface area contributed by atoms with E-state index in [1.807, 2.05) is 42.6 Å². The summed E-state index contributed by atoms with van der Waals surface area (Å²) in [5.41, 5.74) is 2.43. The van der Waals surface area contributed by atoms with Crippen molar-refractivity contribution in [1.82, 2.24) is 5.23 Å². The lowest BCUT2D eigenvalue weighted by molar-refractivity contribution is 0.306. The van der Waals surface area contributed by atoms with E-state index in [0.717, 1.165) is 5.75 Å². The van der Waals surface area contributed by atoms with Gasteiger partial charge in [-0.05, 0) is 30.0 Å². The molecule has 3 heteroatoms. The van der Waals surface area contributed by atoms with Gasteiger partial charge in [-0.25, -0.2) is 0 Å². The quantitative estimate of drug-likeness (QED) is 0.854. The second kappa shape index (κ2) is 6.15. The first-order valence-corrected chi connectivity index (χ1v) is 6.78. The van der Waals surface area contributed by atoms with E-state index in [-0.39, 0.29) is 6.85 Å². The fourth-order valence-electron chi connectivity index (χ4n) is 2.16. The summed E-state index contributed by atoms with van der Waals surface area (Å²) in [6.07, 6.45) is 6.03. The molecule has 2 aromatic carbocycles. The van der Waals surface area contributed by atoms with Crippen LogP contribution in [0.2, 0.25) is 0 Å². The maximum absolute atomic E-state index is 5.74. The first-order valence-electron chi connectivity index (χ1n) is 6.78. The summed E-state index contributed by atoms with van der Waals surface area (Å²) in [7, 11) is 0. The number of para-hydroxylation sites is 1. The molecule has 0 spiro atoms. The predicted octanol–water partition coefficient (Wildman–Crippen LogP) is 2.68. The van der Waals surface area contributed by atoms with Crippen LogP contribution in [0.4, 0.5) is 0 Å². The summed E-state index contributed by atoms with van der Waals surface area (Å²) in [6, 6.07) is 18.4. The third-order valence-corrected chi connectivity index (χ3v) is 3.27. The Hall–Kier alpha value is -2.42. The summed E-state index contributed by atoms with van der Waals surface area (Å²) in [4.78, 5) is 0. The minimum atomic E-state index is 0.268. The van der Waals surface area contributed by atoms with E-state index < -0.39 is 0 Å². The lowest BCUT2D eigenvalue weighted by Crippen LogP contribution is -2.41. The highest BCUT2D eigenvalue weighted by molar-refractivity contribution is 6.76. The highest BCUT2D eigenvalue weighted by Crippen LogP contribution is 2.11. The first kappa shape index (κ1) is 12.6. The Morgan fingerprint density at radius 1 is 0.900 bits per heavy atom. The van der Waals surface area contributed by atoms with Gasteiger partial charge in [0.25, 0.3) is 0 Å². The molecule has 0 radical (unpaired) electrons. The van der Waals surface area contributed by atoms with Crippen molar-refractivity contribution in [3.8, 4) is 5.75 Å². The number of rotatable bonds is 4. The Morgan fingerprint density at radius 3 is 2.40 bits per heavy atom. The summed E-state index contributed by atoms with van der Waals surface area (Å²) in [6.45, 7) is 0.863. The van der Waals surface area contributed by atoms with Gasteiger partial charge in [0.1, 0.15) is 12.4 Å². The Balaban J connectivity index is 1.61. The molecule has 0 amide bonds. The zero-order valence-electron chi connectivity index (χ0n) is 11.2. The van der Waals surface area contributed by atoms with Gasteiger partial charge < -0.3 is 9.96 Å². The van der Waals surface area contributed by atoms with Gasteiger partial charge in [0.15, 0.2) is 0 Å². The molecule has 0 atom stereocenters. The Labute approximate surface area is 119 Å². The van der Waals surface area contributed by atoms with E-state index in [0.29, 0.717) is 6.61 Å². The largest absolute Gasteiger partial charge is 0.489 e. The average Bonchev–Trinajstić information content (AvgIpc) is 2.55. The molecule has 1 heterocycles. The van der Waals surface area contributed by atoms with Crippen molar-refractivity contribution >= 4 is 12.3 Å². The molecule has 2 aromatic rings. The molecule has 98 valence electrons. The molecule has 1 N–H and O–H groups in total. The van der Waals surface area contributed by atoms with Crippen molar-refractivity contribution in [2.45, 2.75) is 6.61 Å². The third-order valence-electron chi connectivity index (χ3n) is 3.27. The minimum absolute atomic E-state index is 0.268. The molecule has 0 aliphatic carbocycles. The van der Waals surface area contributed by atoms with Crippen molar-refractivity contribution in [2.75, 3.05) is 0 Å². The standard InChI is InChI=1S/C17H16BNO/c1-2-6-17(7-3-1)20-14-15-8-10-16(11-9-15)18-12-4-5-13-19-18/h1-13,19H,14H2. The Morgan fingerprint density at radius 2 is 1.70 bits per heavy atom. The molecule has 0 unspecified atom stereocenters. The smallest absolute Gasteiger partial charge is 0.312 e. The van der Waals surface area contributed by atoms with Crippen LogP contribution in [0.1, 0.15) is 5.56 Å². The van der Waals surface area contributed by atoms with Crippen LogP contribution in [-0.4, -0.2) is 6.85 Å². The van der Waals surface area contributed by atoms with Crippen LogP contribution < -0.4 is 15.4 Å². The van der Waals surface area contributed by atoms with E-state index in [2.05, 4.69) is 41.5 Å². The van der Waals surface area contributed by atoms with Crippen LogP contribution in [0.15, 0.2) is 78.9 Å². The van der Waals surface area contributed by atoms with Gasteiger partial charge in [0.2, 0.25) is 0 Å². The lowest BCUT2D eigenvalue weighted by atomic mass is 9.55. The van der Waals surface area contributed by atoms with Crippen LogP contribution in [-0.2, 0) is 6.61 Å². The molecule has 3 rings (SSSR count). The highest BCUT2D eigenvalue weighted by Gasteiger charge is 2.12. The molecule has 0 fully saturated rings. The second-order valence-electron chi connectivity index (χ2n) is 4.73. The van der Waals surface area contributed by atoms with E-state index in [1.54, 1.807) is 0 Å². The Kier molecular flexibility index (Phi) is 3.88. The van der Waals surface area contributed by atoms with Gasteiger partial charge in [-0.1, -0.05) is 60.0 Å². The number of benzene rings is 2. The normalized spacial score (nSPS) is 13.1. The number of allylic oxidation sites excluding steroid dienone is 2. The van der Waals surface area contributed by atoms with E-state index >= 15 is 0 Å². The van der Waals surface area contributed by atoms with Gasteiger partial charge in [0, 0.05) is 0 Å². The number of ether oxygens (including phenoxy) is 1. The summed E-state index contributed by atoms with van der Waals surface area (Å²) in [5.74, 6) is 3.05. The van der Waals surface area contributed by atoms with Crippen molar-refractivity contribution in [2.24, 2.45) is 0 Å². The molecule has 0 saturated carbocycles. The van der Waals surface area contributed by atoms with E-state index in [4.69, 9.17) is 4.74 Å². The monoisotopic (exact) mass is 261 g/mol. The third kappa shape index (κ3) is 3.12. The summed E-state index contributed by atoms with van der Waals surface area (Å²) in [5, 5.41) is 3.31. The molecule has 20 heavy (non-hydrogen) atoms. The van der Waals surface area contributed by atoms with E-state index in [1.165, 1.54) is 11.0 Å². The molecule has 2 nitrogen and oxygen atoms in total. The predicted molar refractivity (Wildman–Crippen MR) is 84.0 cm³/mol. The van der Waals surface area contributed by atoms with Crippen LogP contribution in [0.25, 0.3) is 0 Å². The van der Waals surface area contributed by atoms with Gasteiger partial charge >= 0.3 is 6.85 Å². The fraction of sp³-hybridized carbons (Fsp3) is 0.0588. The van der Waals surface area contributed by atoms with Gasteiger partial charge in [-0.2, -0.15) is 0 Å². The molecule has 0 bridgehead atoms. The SMILES string of the molecule is C1=CNB(c2ccc(COc3ccccc3)cc2)C=C1. The van der Waals surface area contributed by atoms with Crippen molar-refractivity contribution in [1.29, 1.82) is 0 Å². The van der Waals surface area contributed by atoms with Gasteiger partial charge in [-0.3, -0.25) is 0 Å². The highest BCUT2D eigenvalue weighted by atomic mass is 16.5. The van der Waals surface area contributed by atoms with Crippen LogP contribution in [0.3, 0.4) is 0 Å². The molecule has 0 saturated heterocycles. The zero-order chi connectivity index (χ0) is 13.6. The second-order valence-corrected chi connectivity index (χ2v) is 4.73. The lowest BCUT2D eigenvalue weighted by Gasteiger charge is -2.13. The summed E-state index contributed by atoms with van der Waals surface area (Å²) < 4.78 is 5.74. The fourth-order valence-corrected chi connectivity index (χ4v) is 2.16. The maximum atomic E-state index is 5.74. The molecule has 1 aliphatic rings. The van der Waals surface area contributed by atoms with Crippen molar-refractivity contribution in [3.05, 3.63) is 84.5 Å². The topological polar surface area (TPSA) is 21.3 Å². The number of nitrogens with one attached hydrogen (secondary N) is 1. The summed E-state index contributed by atoms with van der Waals surface area (Å²) >= 11 is 0. The van der Waals surface area contributed by atoms with Crippen molar-refractivity contribution < 1.29 is 4.74 Å². The van der Waals surface area contributed by atoms with Gasteiger partial charge in [0.05, 0.1) is 0 Å². The molecular formula is C17H16BNO. The first-order chi connectivity index (χ1) is 9.92. The van der Waals surface area contributed by atoms with Crippen LogP contribution >= 0.6 is 0 Å². The number of hydrogen-bond acceptors (Lipinski definition) is 2. The van der Waals surface area contributed by atoms with E-state index in [9.17, 15) is 0 Å². The maximum Gasteiger partial charge on any atom is 0.312 e. The molecular weight excluding hydrogens is 245 g/mol. The average molecular weight is 261 g/mol. The Bertz CT molecular complexity index is 605. The number of hydrogen-bond donors (Lipinski definition) is 1. The van der Waals surface area contributed by atoms with Crippen LogP contribution in [0, 0.1) is 0 Å². The van der Waals surface area contributed by atoms with Crippen molar-refractivity contribution in [3.63, 3.8) is 0 Å². The zero-order valence-corrected chi connectivity index (χ0v) is 11.2. The molecule has 0 aromatic heterocycles. The molecule has 1 aliphatic heterocycles. The minimum Gasteiger partial charge on any atom is -0.489 e.